The maximum atomic E-state index is 12.8. The molecule has 2 aromatic rings. The van der Waals surface area contributed by atoms with Gasteiger partial charge in [-0.2, -0.15) is 0 Å². The van der Waals surface area contributed by atoms with Gasteiger partial charge < -0.3 is 25.2 Å². The van der Waals surface area contributed by atoms with Gasteiger partial charge in [0.1, 0.15) is 6.54 Å². The predicted molar refractivity (Wildman–Crippen MR) is 132 cm³/mol. The van der Waals surface area contributed by atoms with E-state index >= 15 is 0 Å². The average molecular weight is 508 g/mol. The minimum Gasteiger partial charge on any atom is -0.383 e. The third kappa shape index (κ3) is 8.35. The molecule has 0 atom stereocenters. The van der Waals surface area contributed by atoms with Gasteiger partial charge in [0, 0.05) is 42.7 Å². The number of amides is 3. The van der Waals surface area contributed by atoms with Crippen LogP contribution >= 0.6 is 22.9 Å². The van der Waals surface area contributed by atoms with Gasteiger partial charge in [-0.1, -0.05) is 11.6 Å². The van der Waals surface area contributed by atoms with Crippen molar-refractivity contribution >= 4 is 45.8 Å². The van der Waals surface area contributed by atoms with Crippen molar-refractivity contribution in [3.63, 3.8) is 0 Å². The fourth-order valence-electron chi connectivity index (χ4n) is 3.59. The highest BCUT2D eigenvalue weighted by atomic mass is 35.5. The summed E-state index contributed by atoms with van der Waals surface area (Å²) >= 11 is 7.14. The van der Waals surface area contributed by atoms with Crippen molar-refractivity contribution in [2.24, 2.45) is 0 Å². The Bertz CT molecular complexity index is 963. The first-order valence-electron chi connectivity index (χ1n) is 11.2. The van der Waals surface area contributed by atoms with Gasteiger partial charge in [-0.3, -0.25) is 14.4 Å². The lowest BCUT2D eigenvalue weighted by molar-refractivity contribution is -0.120. The standard InChI is InChI=1S/C23H30ClN5O4S/c1-33-13-12-29(22(32)17-4-6-18(24)7-5-17)15-21(31)27-23-26-19(16-34-23)14-20(30)25-8-11-28-9-2-3-10-28/h4-7,16H,2-3,8-15H2,1H3,(H,25,30)(H,26,27,31). The molecule has 0 unspecified atom stereocenters. The molecule has 1 aliphatic rings. The Morgan fingerprint density at radius 2 is 1.91 bits per heavy atom. The number of nitrogens with zero attached hydrogens (tertiary/aromatic N) is 3. The largest absolute Gasteiger partial charge is 0.383 e. The molecule has 11 heteroatoms. The van der Waals surface area contributed by atoms with Crippen LogP contribution in [0.4, 0.5) is 5.13 Å². The molecule has 1 aromatic carbocycles. The van der Waals surface area contributed by atoms with E-state index < -0.39 is 0 Å². The third-order valence-electron chi connectivity index (χ3n) is 5.37. The topological polar surface area (TPSA) is 104 Å². The van der Waals surface area contributed by atoms with E-state index in [0.29, 0.717) is 34.6 Å². The Kier molecular flexibility index (Phi) is 10.3. The van der Waals surface area contributed by atoms with E-state index in [9.17, 15) is 14.4 Å². The van der Waals surface area contributed by atoms with Crippen LogP contribution in [0, 0.1) is 0 Å². The van der Waals surface area contributed by atoms with Crippen LogP contribution < -0.4 is 10.6 Å². The number of likely N-dealkylation sites (tertiary alicyclic amines) is 1. The molecule has 1 aromatic heterocycles. The van der Waals surface area contributed by atoms with Gasteiger partial charge in [0.05, 0.1) is 18.7 Å². The lowest BCUT2D eigenvalue weighted by Gasteiger charge is -2.21. The van der Waals surface area contributed by atoms with Crippen LogP contribution in [-0.4, -0.2) is 85.5 Å². The Hall–Kier alpha value is -2.53. The van der Waals surface area contributed by atoms with Crippen LogP contribution in [-0.2, 0) is 20.7 Å². The second-order valence-electron chi connectivity index (χ2n) is 7.99. The first kappa shape index (κ1) is 26.1. The number of carbonyl (C=O) groups is 3. The second-order valence-corrected chi connectivity index (χ2v) is 9.29. The van der Waals surface area contributed by atoms with E-state index in [-0.39, 0.29) is 37.2 Å². The zero-order valence-corrected chi connectivity index (χ0v) is 20.8. The van der Waals surface area contributed by atoms with E-state index in [0.717, 1.165) is 19.6 Å². The van der Waals surface area contributed by atoms with Gasteiger partial charge in [-0.15, -0.1) is 11.3 Å². The third-order valence-corrected chi connectivity index (χ3v) is 6.43. The number of aromatic nitrogens is 1. The molecule has 2 heterocycles. The summed E-state index contributed by atoms with van der Waals surface area (Å²) < 4.78 is 5.08. The molecule has 0 spiro atoms. The van der Waals surface area contributed by atoms with Crippen molar-refractivity contribution in [2.45, 2.75) is 19.3 Å². The van der Waals surface area contributed by atoms with Crippen LogP contribution in [0.2, 0.25) is 5.02 Å². The number of ether oxygens (including phenoxy) is 1. The lowest BCUT2D eigenvalue weighted by Crippen LogP contribution is -2.40. The van der Waals surface area contributed by atoms with Gasteiger partial charge in [0.15, 0.2) is 5.13 Å². The van der Waals surface area contributed by atoms with E-state index in [1.165, 1.54) is 36.2 Å². The van der Waals surface area contributed by atoms with Crippen LogP contribution in [0.1, 0.15) is 28.9 Å². The number of hydrogen-bond acceptors (Lipinski definition) is 7. The highest BCUT2D eigenvalue weighted by Gasteiger charge is 2.20. The smallest absolute Gasteiger partial charge is 0.254 e. The Morgan fingerprint density at radius 1 is 1.18 bits per heavy atom. The number of methoxy groups -OCH3 is 1. The van der Waals surface area contributed by atoms with Gasteiger partial charge in [0.25, 0.3) is 5.91 Å². The Morgan fingerprint density at radius 3 is 2.62 bits per heavy atom. The SMILES string of the molecule is COCCN(CC(=O)Nc1nc(CC(=O)NCCN2CCCC2)cs1)C(=O)c1ccc(Cl)cc1. The van der Waals surface area contributed by atoms with Gasteiger partial charge >= 0.3 is 0 Å². The lowest BCUT2D eigenvalue weighted by atomic mass is 10.2. The van der Waals surface area contributed by atoms with E-state index in [4.69, 9.17) is 16.3 Å². The molecular formula is C23H30ClN5O4S. The number of anilines is 1. The van der Waals surface area contributed by atoms with Gasteiger partial charge in [0.2, 0.25) is 11.8 Å². The van der Waals surface area contributed by atoms with Crippen molar-refractivity contribution < 1.29 is 19.1 Å². The minimum absolute atomic E-state index is 0.0957. The maximum Gasteiger partial charge on any atom is 0.254 e. The number of hydrogen-bond donors (Lipinski definition) is 2. The fourth-order valence-corrected chi connectivity index (χ4v) is 4.45. The summed E-state index contributed by atoms with van der Waals surface area (Å²) in [4.78, 5) is 45.7. The first-order valence-corrected chi connectivity index (χ1v) is 12.5. The van der Waals surface area contributed by atoms with E-state index in [1.54, 1.807) is 29.6 Å². The summed E-state index contributed by atoms with van der Waals surface area (Å²) in [5, 5.41) is 8.29. The van der Waals surface area contributed by atoms with Gasteiger partial charge in [-0.05, 0) is 50.2 Å². The van der Waals surface area contributed by atoms with Gasteiger partial charge in [-0.25, -0.2) is 4.98 Å². The summed E-state index contributed by atoms with van der Waals surface area (Å²) in [6.07, 6.45) is 2.60. The summed E-state index contributed by atoms with van der Waals surface area (Å²) in [5.74, 6) is -0.773. The zero-order valence-electron chi connectivity index (χ0n) is 19.2. The number of halogens is 1. The normalized spacial score (nSPS) is 13.6. The molecule has 1 saturated heterocycles. The van der Waals surface area contributed by atoms with E-state index in [2.05, 4.69) is 20.5 Å². The molecule has 3 amide bonds. The van der Waals surface area contributed by atoms with Crippen LogP contribution in [0.15, 0.2) is 29.6 Å². The summed E-state index contributed by atoms with van der Waals surface area (Å²) in [5.41, 5.74) is 1.02. The molecular weight excluding hydrogens is 478 g/mol. The van der Waals surface area contributed by atoms with Crippen LogP contribution in [0.25, 0.3) is 0 Å². The van der Waals surface area contributed by atoms with Crippen molar-refractivity contribution in [3.8, 4) is 0 Å². The summed E-state index contributed by atoms with van der Waals surface area (Å²) in [6.45, 7) is 4.06. The van der Waals surface area contributed by atoms with Crippen molar-refractivity contribution in [1.29, 1.82) is 0 Å². The quantitative estimate of drug-likeness (QED) is 0.457. The molecule has 34 heavy (non-hydrogen) atoms. The van der Waals surface area contributed by atoms with E-state index in [1.807, 2.05) is 0 Å². The molecule has 184 valence electrons. The number of rotatable bonds is 12. The summed E-state index contributed by atoms with van der Waals surface area (Å²) in [6, 6.07) is 6.49. The molecule has 0 bridgehead atoms. The molecule has 2 N–H and O–H groups in total. The van der Waals surface area contributed by atoms with Crippen molar-refractivity contribution in [1.82, 2.24) is 20.1 Å². The average Bonchev–Trinajstić information content (AvgIpc) is 3.49. The molecule has 9 nitrogen and oxygen atoms in total. The second kappa shape index (κ2) is 13.4. The predicted octanol–water partition coefficient (Wildman–Crippen LogP) is 2.28. The fraction of sp³-hybridized carbons (Fsp3) is 0.478. The van der Waals surface area contributed by atoms with Crippen molar-refractivity contribution in [2.75, 3.05) is 58.3 Å². The zero-order chi connectivity index (χ0) is 24.3. The number of carbonyl (C=O) groups excluding carboxylic acids is 3. The molecule has 3 rings (SSSR count). The first-order chi connectivity index (χ1) is 16.4. The van der Waals surface area contributed by atoms with Crippen LogP contribution in [0.3, 0.4) is 0 Å². The molecule has 0 saturated carbocycles. The molecule has 0 aliphatic carbocycles. The number of benzene rings is 1. The summed E-state index contributed by atoms with van der Waals surface area (Å²) in [7, 11) is 1.53. The monoisotopic (exact) mass is 507 g/mol. The van der Waals surface area contributed by atoms with Crippen LogP contribution in [0.5, 0.6) is 0 Å². The molecule has 0 radical (unpaired) electrons. The Labute approximate surface area is 208 Å². The number of nitrogens with one attached hydrogen (secondary N) is 2. The Balaban J connectivity index is 1.48. The molecule has 1 aliphatic heterocycles. The minimum atomic E-state index is -0.380. The highest BCUT2D eigenvalue weighted by Crippen LogP contribution is 2.16. The maximum absolute atomic E-state index is 12.8. The van der Waals surface area contributed by atoms with Crippen molar-refractivity contribution in [3.05, 3.63) is 45.9 Å². The highest BCUT2D eigenvalue weighted by molar-refractivity contribution is 7.13. The molecule has 1 fully saturated rings. The number of thiazole rings is 1.